The molecule has 1 aliphatic carbocycles. The molecule has 0 aliphatic heterocycles. The molecule has 0 spiro atoms. The molecule has 1 aromatic rings. The highest BCUT2D eigenvalue weighted by Gasteiger charge is 2.37. The second-order valence-electron chi connectivity index (χ2n) is 5.13. The van der Waals surface area contributed by atoms with Crippen LogP contribution in [0.3, 0.4) is 0 Å². The summed E-state index contributed by atoms with van der Waals surface area (Å²) in [6.45, 7) is 2.03. The maximum Gasteiger partial charge on any atom is 0.142 e. The van der Waals surface area contributed by atoms with Crippen LogP contribution in [-0.4, -0.2) is 6.04 Å². The first-order valence-corrected chi connectivity index (χ1v) is 6.65. The lowest BCUT2D eigenvalue weighted by Gasteiger charge is -2.41. The van der Waals surface area contributed by atoms with E-state index in [1.807, 2.05) is 13.0 Å². The summed E-state index contributed by atoms with van der Waals surface area (Å²) in [6.07, 6.45) is 5.69. The quantitative estimate of drug-likeness (QED) is 0.848. The van der Waals surface area contributed by atoms with Gasteiger partial charge in [0.15, 0.2) is 0 Å². The summed E-state index contributed by atoms with van der Waals surface area (Å²) in [4.78, 5) is 0. The van der Waals surface area contributed by atoms with Crippen molar-refractivity contribution >= 4 is 11.6 Å². The van der Waals surface area contributed by atoms with Gasteiger partial charge >= 0.3 is 0 Å². The van der Waals surface area contributed by atoms with Crippen molar-refractivity contribution in [1.82, 2.24) is 0 Å². The lowest BCUT2D eigenvalue weighted by Crippen LogP contribution is -2.45. The van der Waals surface area contributed by atoms with Crippen LogP contribution in [0.2, 0.25) is 5.02 Å². The highest BCUT2D eigenvalue weighted by Crippen LogP contribution is 2.42. The molecule has 0 saturated heterocycles. The molecule has 1 nitrogen and oxygen atoms in total. The first-order valence-electron chi connectivity index (χ1n) is 6.27. The van der Waals surface area contributed by atoms with Gasteiger partial charge in [0, 0.05) is 11.5 Å². The third-order valence-corrected chi connectivity index (χ3v) is 4.42. The molecule has 2 N–H and O–H groups in total. The van der Waals surface area contributed by atoms with Gasteiger partial charge in [-0.1, -0.05) is 36.9 Å². The van der Waals surface area contributed by atoms with Crippen molar-refractivity contribution < 1.29 is 4.39 Å². The Morgan fingerprint density at radius 3 is 2.47 bits per heavy atom. The van der Waals surface area contributed by atoms with Crippen molar-refractivity contribution in [3.05, 3.63) is 34.6 Å². The molecule has 1 saturated carbocycles. The predicted molar refractivity (Wildman–Crippen MR) is 69.8 cm³/mol. The Hall–Kier alpha value is -0.600. The van der Waals surface area contributed by atoms with Crippen LogP contribution >= 0.6 is 11.6 Å². The summed E-state index contributed by atoms with van der Waals surface area (Å²) in [5.41, 5.74) is 7.11. The minimum atomic E-state index is -0.338. The van der Waals surface area contributed by atoms with Gasteiger partial charge < -0.3 is 5.73 Å². The zero-order valence-electron chi connectivity index (χ0n) is 10.2. The molecular weight excluding hydrogens is 237 g/mol. The molecule has 0 heterocycles. The molecule has 1 aliphatic rings. The molecule has 2 rings (SSSR count). The number of nitrogens with two attached hydrogens (primary N) is 1. The van der Waals surface area contributed by atoms with E-state index in [9.17, 15) is 4.39 Å². The van der Waals surface area contributed by atoms with Crippen molar-refractivity contribution in [1.29, 1.82) is 0 Å². The normalized spacial score (nSPS) is 21.2. The molecule has 0 amide bonds. The molecule has 1 aromatic carbocycles. The third-order valence-electron chi connectivity index (χ3n) is 4.11. The number of benzene rings is 1. The fraction of sp³-hybridized carbons (Fsp3) is 0.571. The molecule has 0 radical (unpaired) electrons. The smallest absolute Gasteiger partial charge is 0.142 e. The van der Waals surface area contributed by atoms with E-state index in [2.05, 4.69) is 0 Å². The van der Waals surface area contributed by atoms with Crippen molar-refractivity contribution in [3.8, 4) is 0 Å². The van der Waals surface area contributed by atoms with Crippen LogP contribution in [0.4, 0.5) is 4.39 Å². The van der Waals surface area contributed by atoms with Crippen molar-refractivity contribution in [2.24, 2.45) is 5.73 Å². The van der Waals surface area contributed by atoms with E-state index >= 15 is 0 Å². The Labute approximate surface area is 107 Å². The lowest BCUT2D eigenvalue weighted by atomic mass is 9.65. The highest BCUT2D eigenvalue weighted by atomic mass is 35.5. The molecule has 0 aromatic heterocycles. The van der Waals surface area contributed by atoms with Gasteiger partial charge in [0.05, 0.1) is 5.02 Å². The van der Waals surface area contributed by atoms with Crippen LogP contribution in [-0.2, 0) is 5.41 Å². The second kappa shape index (κ2) is 4.95. The summed E-state index contributed by atoms with van der Waals surface area (Å²) >= 11 is 5.74. The zero-order chi connectivity index (χ0) is 12.5. The van der Waals surface area contributed by atoms with Crippen LogP contribution in [0.25, 0.3) is 0 Å². The Morgan fingerprint density at radius 1 is 1.29 bits per heavy atom. The average molecular weight is 256 g/mol. The van der Waals surface area contributed by atoms with E-state index in [0.717, 1.165) is 18.4 Å². The first kappa shape index (κ1) is 12.8. The number of rotatable bonds is 2. The molecule has 1 atom stereocenters. The second-order valence-corrected chi connectivity index (χ2v) is 5.54. The van der Waals surface area contributed by atoms with E-state index in [1.165, 1.54) is 19.3 Å². The van der Waals surface area contributed by atoms with Gasteiger partial charge in [-0.25, -0.2) is 4.39 Å². The molecule has 94 valence electrons. The Morgan fingerprint density at radius 2 is 1.94 bits per heavy atom. The van der Waals surface area contributed by atoms with Gasteiger partial charge in [0.2, 0.25) is 0 Å². The number of hydrogen-bond acceptors (Lipinski definition) is 1. The predicted octanol–water partition coefficient (Wildman–Crippen LogP) is 4.03. The van der Waals surface area contributed by atoms with E-state index in [1.54, 1.807) is 12.1 Å². The minimum absolute atomic E-state index is 0.0448. The standard InChI is InChI=1S/C14H19ClFN/c1-10(17)14(7-3-2-4-8-14)11-5-6-12(15)13(16)9-11/h5-6,9-10H,2-4,7-8,17H2,1H3. The van der Waals surface area contributed by atoms with Gasteiger partial charge in [0.25, 0.3) is 0 Å². The largest absolute Gasteiger partial charge is 0.327 e. The van der Waals surface area contributed by atoms with Crippen LogP contribution in [0.1, 0.15) is 44.6 Å². The molecule has 0 bridgehead atoms. The van der Waals surface area contributed by atoms with Crippen molar-refractivity contribution in [2.45, 2.75) is 50.5 Å². The van der Waals surface area contributed by atoms with Gasteiger partial charge in [0.1, 0.15) is 5.82 Å². The van der Waals surface area contributed by atoms with Crippen molar-refractivity contribution in [2.75, 3.05) is 0 Å². The zero-order valence-corrected chi connectivity index (χ0v) is 10.9. The fourth-order valence-corrected chi connectivity index (χ4v) is 3.11. The van der Waals surface area contributed by atoms with Crippen LogP contribution in [0, 0.1) is 5.82 Å². The molecular formula is C14H19ClFN. The minimum Gasteiger partial charge on any atom is -0.327 e. The topological polar surface area (TPSA) is 26.0 Å². The van der Waals surface area contributed by atoms with Crippen LogP contribution in [0.15, 0.2) is 18.2 Å². The average Bonchev–Trinajstić information content (AvgIpc) is 2.33. The van der Waals surface area contributed by atoms with Gasteiger partial charge in [-0.2, -0.15) is 0 Å². The van der Waals surface area contributed by atoms with Gasteiger partial charge in [-0.3, -0.25) is 0 Å². The number of halogens is 2. The summed E-state index contributed by atoms with van der Waals surface area (Å²) in [5.74, 6) is -0.338. The molecule has 17 heavy (non-hydrogen) atoms. The van der Waals surface area contributed by atoms with E-state index < -0.39 is 0 Å². The maximum absolute atomic E-state index is 13.6. The van der Waals surface area contributed by atoms with Crippen LogP contribution in [0.5, 0.6) is 0 Å². The summed E-state index contributed by atoms with van der Waals surface area (Å²) in [6, 6.07) is 5.19. The third kappa shape index (κ3) is 2.34. The van der Waals surface area contributed by atoms with Crippen LogP contribution < -0.4 is 5.73 Å². The highest BCUT2D eigenvalue weighted by molar-refractivity contribution is 6.30. The first-order chi connectivity index (χ1) is 8.06. The Balaban J connectivity index is 2.41. The maximum atomic E-state index is 13.6. The molecule has 3 heteroatoms. The Kier molecular flexibility index (Phi) is 3.74. The summed E-state index contributed by atoms with van der Waals surface area (Å²) < 4.78 is 13.6. The summed E-state index contributed by atoms with van der Waals surface area (Å²) in [5, 5.41) is 0.185. The monoisotopic (exact) mass is 255 g/mol. The molecule has 1 unspecified atom stereocenters. The fourth-order valence-electron chi connectivity index (χ4n) is 3.00. The summed E-state index contributed by atoms with van der Waals surface area (Å²) in [7, 11) is 0. The molecule has 1 fully saturated rings. The van der Waals surface area contributed by atoms with Crippen molar-refractivity contribution in [3.63, 3.8) is 0 Å². The SMILES string of the molecule is CC(N)C1(c2ccc(Cl)c(F)c2)CCCCC1. The van der Waals surface area contributed by atoms with E-state index in [-0.39, 0.29) is 22.3 Å². The lowest BCUT2D eigenvalue weighted by molar-refractivity contribution is 0.252. The number of hydrogen-bond donors (Lipinski definition) is 1. The van der Waals surface area contributed by atoms with Gasteiger partial charge in [-0.15, -0.1) is 0 Å². The van der Waals surface area contributed by atoms with E-state index in [4.69, 9.17) is 17.3 Å². The Bertz CT molecular complexity index is 397. The van der Waals surface area contributed by atoms with Gasteiger partial charge in [-0.05, 0) is 37.5 Å². The van der Waals surface area contributed by atoms with E-state index in [0.29, 0.717) is 0 Å².